The van der Waals surface area contributed by atoms with Crippen molar-refractivity contribution in [1.82, 2.24) is 5.32 Å². The molecule has 1 aromatic carbocycles. The first-order valence-corrected chi connectivity index (χ1v) is 7.46. The molecule has 0 aliphatic heterocycles. The maximum absolute atomic E-state index is 11.1. The van der Waals surface area contributed by atoms with Gasteiger partial charge in [-0.1, -0.05) is 37.6 Å². The van der Waals surface area contributed by atoms with Crippen LogP contribution in [-0.2, 0) is 11.3 Å². The van der Waals surface area contributed by atoms with E-state index in [1.165, 1.54) is 0 Å². The minimum atomic E-state index is -0.957. The molecular formula is C16H24ClNO3. The molecule has 0 saturated carbocycles. The van der Waals surface area contributed by atoms with Crippen LogP contribution in [0.4, 0.5) is 0 Å². The highest BCUT2D eigenvalue weighted by Gasteiger charge is 2.28. The molecular weight excluding hydrogens is 290 g/mol. The highest BCUT2D eigenvalue weighted by molar-refractivity contribution is 6.32. The van der Waals surface area contributed by atoms with Crippen LogP contribution in [0.1, 0.15) is 33.3 Å². The molecule has 1 rings (SSSR count). The fourth-order valence-corrected chi connectivity index (χ4v) is 1.91. The number of benzene rings is 1. The fraction of sp³-hybridized carbons (Fsp3) is 0.562. The summed E-state index contributed by atoms with van der Waals surface area (Å²) in [4.78, 5) is 11.1. The lowest BCUT2D eigenvalue weighted by molar-refractivity contribution is -0.148. The Hall–Kier alpha value is -1.26. The fourth-order valence-electron chi connectivity index (χ4n) is 1.66. The molecule has 0 heterocycles. The van der Waals surface area contributed by atoms with Crippen molar-refractivity contribution in [2.75, 3.05) is 13.2 Å². The molecule has 0 aromatic heterocycles. The van der Waals surface area contributed by atoms with E-state index in [0.29, 0.717) is 23.2 Å². The monoisotopic (exact) mass is 313 g/mol. The zero-order chi connectivity index (χ0) is 16.0. The lowest BCUT2D eigenvalue weighted by atomic mass is 9.95. The van der Waals surface area contributed by atoms with Crippen molar-refractivity contribution in [1.29, 1.82) is 0 Å². The molecule has 0 radical (unpaired) electrons. The number of carboxylic acid groups (broad SMARTS) is 1. The average Bonchev–Trinajstić information content (AvgIpc) is 2.37. The van der Waals surface area contributed by atoms with Gasteiger partial charge in [0.2, 0.25) is 0 Å². The van der Waals surface area contributed by atoms with Gasteiger partial charge in [-0.05, 0) is 32.4 Å². The lowest BCUT2D eigenvalue weighted by Crippen LogP contribution is -2.31. The van der Waals surface area contributed by atoms with E-state index in [1.807, 2.05) is 12.1 Å². The molecule has 4 nitrogen and oxygen atoms in total. The summed E-state index contributed by atoms with van der Waals surface area (Å²) in [5.41, 5.74) is -0.0220. The van der Waals surface area contributed by atoms with E-state index >= 15 is 0 Å². The molecule has 0 aliphatic rings. The molecule has 0 saturated heterocycles. The Morgan fingerprint density at radius 2 is 2.10 bits per heavy atom. The van der Waals surface area contributed by atoms with Crippen LogP contribution < -0.4 is 10.1 Å². The summed E-state index contributed by atoms with van der Waals surface area (Å²) >= 11 is 6.18. The minimum Gasteiger partial charge on any atom is -0.491 e. The number of carboxylic acids is 1. The smallest absolute Gasteiger partial charge is 0.312 e. The van der Waals surface area contributed by atoms with Gasteiger partial charge >= 0.3 is 5.97 Å². The van der Waals surface area contributed by atoms with E-state index in [9.17, 15) is 4.79 Å². The van der Waals surface area contributed by atoms with Crippen LogP contribution >= 0.6 is 11.6 Å². The Morgan fingerprint density at radius 1 is 1.43 bits per heavy atom. The van der Waals surface area contributed by atoms with E-state index in [-0.39, 0.29) is 6.61 Å². The molecule has 0 amide bonds. The average molecular weight is 314 g/mol. The summed E-state index contributed by atoms with van der Waals surface area (Å²) in [7, 11) is 0. The quantitative estimate of drug-likeness (QED) is 0.770. The molecule has 0 aliphatic carbocycles. The minimum absolute atomic E-state index is 0.0727. The van der Waals surface area contributed by atoms with Gasteiger partial charge in [0.25, 0.3) is 0 Å². The predicted molar refractivity (Wildman–Crippen MR) is 84.9 cm³/mol. The zero-order valence-electron chi connectivity index (χ0n) is 13.1. The second-order valence-electron chi connectivity index (χ2n) is 6.23. The van der Waals surface area contributed by atoms with Crippen LogP contribution in [0.2, 0.25) is 5.02 Å². The summed E-state index contributed by atoms with van der Waals surface area (Å²) in [6.45, 7) is 9.14. The molecule has 118 valence electrons. The number of ether oxygens (including phenoxy) is 1. The number of para-hydroxylation sites is 1. The summed E-state index contributed by atoms with van der Waals surface area (Å²) in [6.07, 6.45) is 0. The molecule has 0 bridgehead atoms. The van der Waals surface area contributed by atoms with Gasteiger partial charge in [0, 0.05) is 12.1 Å². The summed E-state index contributed by atoms with van der Waals surface area (Å²) in [6, 6.07) is 5.54. The topological polar surface area (TPSA) is 58.6 Å². The van der Waals surface area contributed by atoms with Gasteiger partial charge in [0.15, 0.2) is 0 Å². The number of halogens is 1. The zero-order valence-corrected chi connectivity index (χ0v) is 13.8. The number of rotatable bonds is 8. The van der Waals surface area contributed by atoms with Crippen LogP contribution in [0.5, 0.6) is 5.75 Å². The Bertz CT molecular complexity index is 486. The highest BCUT2D eigenvalue weighted by Crippen LogP contribution is 2.30. The van der Waals surface area contributed by atoms with Crippen molar-refractivity contribution in [2.24, 2.45) is 11.3 Å². The van der Waals surface area contributed by atoms with Gasteiger partial charge < -0.3 is 15.2 Å². The van der Waals surface area contributed by atoms with Crippen LogP contribution in [0.3, 0.4) is 0 Å². The van der Waals surface area contributed by atoms with E-state index in [2.05, 4.69) is 19.2 Å². The number of carbonyl (C=O) groups is 1. The Morgan fingerprint density at radius 3 is 2.67 bits per heavy atom. The molecule has 0 atom stereocenters. The van der Waals surface area contributed by atoms with E-state index in [4.69, 9.17) is 21.4 Å². The van der Waals surface area contributed by atoms with Gasteiger partial charge in [-0.3, -0.25) is 4.79 Å². The third-order valence-corrected chi connectivity index (χ3v) is 3.37. The maximum atomic E-state index is 11.1. The highest BCUT2D eigenvalue weighted by atomic mass is 35.5. The number of nitrogens with one attached hydrogen (secondary N) is 1. The van der Waals surface area contributed by atoms with Crippen LogP contribution in [-0.4, -0.2) is 24.2 Å². The van der Waals surface area contributed by atoms with Crippen LogP contribution in [0.25, 0.3) is 0 Å². The van der Waals surface area contributed by atoms with Crippen LogP contribution in [0.15, 0.2) is 18.2 Å². The standard InChI is InChI=1S/C16H24ClNO3/c1-11(2)8-18-9-12-6-5-7-13(17)14(12)21-10-16(3,4)15(19)20/h5-7,11,18H,8-10H2,1-4H3,(H,19,20). The largest absolute Gasteiger partial charge is 0.491 e. The molecule has 21 heavy (non-hydrogen) atoms. The number of hydrogen-bond acceptors (Lipinski definition) is 3. The van der Waals surface area contributed by atoms with E-state index < -0.39 is 11.4 Å². The van der Waals surface area contributed by atoms with Crippen molar-refractivity contribution < 1.29 is 14.6 Å². The lowest BCUT2D eigenvalue weighted by Gasteiger charge is -2.21. The SMILES string of the molecule is CC(C)CNCc1cccc(Cl)c1OCC(C)(C)C(=O)O. The molecule has 5 heteroatoms. The van der Waals surface area contributed by atoms with Crippen molar-refractivity contribution in [3.05, 3.63) is 28.8 Å². The molecule has 1 aromatic rings. The summed E-state index contributed by atoms with van der Waals surface area (Å²) in [5.74, 6) is 0.221. The Balaban J connectivity index is 2.78. The summed E-state index contributed by atoms with van der Waals surface area (Å²) < 4.78 is 5.70. The first-order valence-electron chi connectivity index (χ1n) is 7.08. The second kappa shape index (κ2) is 7.66. The molecule has 2 N–H and O–H groups in total. The van der Waals surface area contributed by atoms with Gasteiger partial charge in [0.05, 0.1) is 10.4 Å². The maximum Gasteiger partial charge on any atom is 0.312 e. The Kier molecular flexibility index (Phi) is 6.49. The van der Waals surface area contributed by atoms with Gasteiger partial charge in [-0.15, -0.1) is 0 Å². The van der Waals surface area contributed by atoms with Gasteiger partial charge in [0.1, 0.15) is 12.4 Å². The third kappa shape index (κ3) is 5.56. The van der Waals surface area contributed by atoms with Crippen molar-refractivity contribution in [3.8, 4) is 5.75 Å². The normalized spacial score (nSPS) is 11.7. The first kappa shape index (κ1) is 17.8. The number of hydrogen-bond donors (Lipinski definition) is 2. The van der Waals surface area contributed by atoms with Crippen molar-refractivity contribution >= 4 is 17.6 Å². The van der Waals surface area contributed by atoms with Gasteiger partial charge in [-0.2, -0.15) is 0 Å². The van der Waals surface area contributed by atoms with E-state index in [1.54, 1.807) is 19.9 Å². The van der Waals surface area contributed by atoms with Crippen LogP contribution in [0, 0.1) is 11.3 Å². The molecule has 0 fully saturated rings. The molecule has 0 spiro atoms. The first-order chi connectivity index (χ1) is 9.74. The van der Waals surface area contributed by atoms with Crippen molar-refractivity contribution in [3.63, 3.8) is 0 Å². The second-order valence-corrected chi connectivity index (χ2v) is 6.64. The predicted octanol–water partition coefficient (Wildman–Crippen LogP) is 3.58. The van der Waals surface area contributed by atoms with Crippen molar-refractivity contribution in [2.45, 2.75) is 34.2 Å². The molecule has 0 unspecified atom stereocenters. The summed E-state index contributed by atoms with van der Waals surface area (Å²) in [5, 5.41) is 13.0. The number of aliphatic carboxylic acids is 1. The third-order valence-electron chi connectivity index (χ3n) is 3.07. The Labute approximate surface area is 131 Å². The van der Waals surface area contributed by atoms with Gasteiger partial charge in [-0.25, -0.2) is 0 Å². The van der Waals surface area contributed by atoms with E-state index in [0.717, 1.165) is 12.1 Å².